The molecule has 2 N–H and O–H groups in total. The fourth-order valence-corrected chi connectivity index (χ4v) is 1.87. The molecule has 0 saturated heterocycles. The Labute approximate surface area is 123 Å². The third-order valence-corrected chi connectivity index (χ3v) is 2.98. The lowest BCUT2D eigenvalue weighted by Crippen LogP contribution is -2.43. The summed E-state index contributed by atoms with van der Waals surface area (Å²) >= 11 is 0. The molecular weight excluding hydrogens is 274 g/mol. The van der Waals surface area contributed by atoms with Crippen LogP contribution < -0.4 is 5.32 Å². The Bertz CT molecular complexity index is 500. The summed E-state index contributed by atoms with van der Waals surface area (Å²) in [5.74, 6) is -1.84. The summed E-state index contributed by atoms with van der Waals surface area (Å²) < 4.78 is 5.13. The van der Waals surface area contributed by atoms with Gasteiger partial charge in [0.05, 0.1) is 0 Å². The molecule has 0 bridgehead atoms. The highest BCUT2D eigenvalue weighted by Gasteiger charge is 2.26. The second-order valence-corrected chi connectivity index (χ2v) is 4.67. The van der Waals surface area contributed by atoms with E-state index in [0.29, 0.717) is 5.56 Å². The number of nitrogens with one attached hydrogen (secondary N) is 1. The fraction of sp³-hybridized carbons (Fsp3) is 0.400. The molecule has 0 aliphatic carbocycles. The minimum absolute atomic E-state index is 0.0572. The number of carbonyl (C=O) groups is 3. The van der Waals surface area contributed by atoms with Gasteiger partial charge >= 0.3 is 5.97 Å². The van der Waals surface area contributed by atoms with Crippen LogP contribution in [0.25, 0.3) is 0 Å². The molecule has 2 atom stereocenters. The van der Waals surface area contributed by atoms with Crippen LogP contribution in [0.15, 0.2) is 30.3 Å². The molecule has 0 heterocycles. The molecule has 0 aliphatic heterocycles. The van der Waals surface area contributed by atoms with Crippen LogP contribution in [0.2, 0.25) is 0 Å². The number of carboxylic acid groups (broad SMARTS) is 1. The predicted molar refractivity (Wildman–Crippen MR) is 75.7 cm³/mol. The molecule has 0 unspecified atom stereocenters. The van der Waals surface area contributed by atoms with E-state index in [1.807, 2.05) is 0 Å². The van der Waals surface area contributed by atoms with Gasteiger partial charge in [0.25, 0.3) is 5.91 Å². The van der Waals surface area contributed by atoms with Crippen LogP contribution in [0.4, 0.5) is 0 Å². The van der Waals surface area contributed by atoms with Crippen LogP contribution in [-0.2, 0) is 19.1 Å². The number of carboxylic acids is 1. The van der Waals surface area contributed by atoms with Crippen molar-refractivity contribution >= 4 is 17.7 Å². The van der Waals surface area contributed by atoms with Gasteiger partial charge in [-0.3, -0.25) is 4.79 Å². The summed E-state index contributed by atoms with van der Waals surface area (Å²) in [6.07, 6.45) is -0.729. The third kappa shape index (κ3) is 5.35. The van der Waals surface area contributed by atoms with E-state index >= 15 is 0 Å². The van der Waals surface area contributed by atoms with Crippen LogP contribution in [0.3, 0.4) is 0 Å². The maximum atomic E-state index is 12.1. The Kier molecular flexibility index (Phi) is 6.55. The zero-order valence-corrected chi connectivity index (χ0v) is 12.0. The van der Waals surface area contributed by atoms with Crippen LogP contribution in [0, 0.1) is 0 Å². The molecule has 0 radical (unpaired) electrons. The molecule has 21 heavy (non-hydrogen) atoms. The highest BCUT2D eigenvalue weighted by Crippen LogP contribution is 2.16. The summed E-state index contributed by atoms with van der Waals surface area (Å²) in [7, 11) is 1.38. The number of rotatable bonds is 8. The average molecular weight is 293 g/mol. The Balaban J connectivity index is 2.75. The Hall–Kier alpha value is -2.21. The van der Waals surface area contributed by atoms with Crippen molar-refractivity contribution in [2.75, 3.05) is 7.11 Å². The molecule has 1 rings (SSSR count). The van der Waals surface area contributed by atoms with Gasteiger partial charge < -0.3 is 20.0 Å². The van der Waals surface area contributed by atoms with Gasteiger partial charge in [-0.25, -0.2) is 4.79 Å². The Morgan fingerprint density at radius 2 is 1.86 bits per heavy atom. The minimum atomic E-state index is -1.17. The van der Waals surface area contributed by atoms with Gasteiger partial charge in [0.2, 0.25) is 0 Å². The van der Waals surface area contributed by atoms with Gasteiger partial charge in [-0.2, -0.15) is 0 Å². The maximum Gasteiger partial charge on any atom is 0.326 e. The molecule has 1 aromatic carbocycles. The van der Waals surface area contributed by atoms with E-state index in [1.54, 1.807) is 30.3 Å². The number of benzene rings is 1. The molecular formula is C15H19NO5. The SMILES string of the molecule is CO[C@H](C(=O)N[C@@H](CCC(C)=O)C(=O)O)c1ccccc1. The molecule has 1 aromatic rings. The number of carbonyl (C=O) groups excluding carboxylic acids is 2. The van der Waals surface area contributed by atoms with Crippen LogP contribution in [0.1, 0.15) is 31.4 Å². The highest BCUT2D eigenvalue weighted by molar-refractivity contribution is 5.87. The lowest BCUT2D eigenvalue weighted by molar-refractivity contribution is -0.144. The number of hydrogen-bond acceptors (Lipinski definition) is 4. The quantitative estimate of drug-likeness (QED) is 0.754. The van der Waals surface area contributed by atoms with Crippen molar-refractivity contribution in [1.82, 2.24) is 5.32 Å². The summed E-state index contributed by atoms with van der Waals surface area (Å²) in [5.41, 5.74) is 0.633. The summed E-state index contributed by atoms with van der Waals surface area (Å²) in [6.45, 7) is 1.38. The van der Waals surface area contributed by atoms with E-state index < -0.39 is 24.0 Å². The first-order valence-corrected chi connectivity index (χ1v) is 6.56. The second-order valence-electron chi connectivity index (χ2n) is 4.67. The molecule has 0 fully saturated rings. The predicted octanol–water partition coefficient (Wildman–Crippen LogP) is 1.31. The number of hydrogen-bond donors (Lipinski definition) is 2. The van der Waals surface area contributed by atoms with E-state index in [1.165, 1.54) is 14.0 Å². The third-order valence-electron chi connectivity index (χ3n) is 2.98. The molecule has 6 heteroatoms. The van der Waals surface area contributed by atoms with Gasteiger partial charge in [0.15, 0.2) is 6.10 Å². The monoisotopic (exact) mass is 293 g/mol. The Morgan fingerprint density at radius 3 is 2.33 bits per heavy atom. The number of aliphatic carboxylic acids is 1. The molecule has 1 amide bonds. The van der Waals surface area contributed by atoms with E-state index in [2.05, 4.69) is 5.32 Å². The first-order chi connectivity index (χ1) is 9.95. The lowest BCUT2D eigenvalue weighted by Gasteiger charge is -2.19. The summed E-state index contributed by atoms with van der Waals surface area (Å²) in [4.78, 5) is 34.2. The van der Waals surface area contributed by atoms with E-state index in [-0.39, 0.29) is 18.6 Å². The van der Waals surface area contributed by atoms with Crippen molar-refractivity contribution in [1.29, 1.82) is 0 Å². The number of ether oxygens (including phenoxy) is 1. The van der Waals surface area contributed by atoms with Crippen LogP contribution >= 0.6 is 0 Å². The van der Waals surface area contributed by atoms with Crippen molar-refractivity contribution < 1.29 is 24.2 Å². The first-order valence-electron chi connectivity index (χ1n) is 6.56. The van der Waals surface area contributed by atoms with Gasteiger partial charge in [-0.15, -0.1) is 0 Å². The first kappa shape index (κ1) is 16.8. The van der Waals surface area contributed by atoms with Crippen molar-refractivity contribution in [3.8, 4) is 0 Å². The number of methoxy groups -OCH3 is 1. The van der Waals surface area contributed by atoms with E-state index in [9.17, 15) is 14.4 Å². The fourth-order valence-electron chi connectivity index (χ4n) is 1.87. The Morgan fingerprint density at radius 1 is 1.24 bits per heavy atom. The second kappa shape index (κ2) is 8.16. The largest absolute Gasteiger partial charge is 0.480 e. The standard InChI is InChI=1S/C15H19NO5/c1-10(17)8-9-12(15(19)20)16-14(18)13(21-2)11-6-4-3-5-7-11/h3-7,12-13H,8-9H2,1-2H3,(H,16,18)(H,19,20)/t12-,13-/m0/s1. The lowest BCUT2D eigenvalue weighted by atomic mass is 10.1. The summed E-state index contributed by atoms with van der Waals surface area (Å²) in [6, 6.07) is 7.67. The number of ketones is 1. The van der Waals surface area contributed by atoms with E-state index in [0.717, 1.165) is 0 Å². The number of amides is 1. The zero-order chi connectivity index (χ0) is 15.8. The highest BCUT2D eigenvalue weighted by atomic mass is 16.5. The average Bonchev–Trinajstić information content (AvgIpc) is 2.44. The zero-order valence-electron chi connectivity index (χ0n) is 12.0. The van der Waals surface area contributed by atoms with Gasteiger partial charge in [0.1, 0.15) is 11.8 Å². The minimum Gasteiger partial charge on any atom is -0.480 e. The van der Waals surface area contributed by atoms with Crippen LogP contribution in [0.5, 0.6) is 0 Å². The molecule has 0 spiro atoms. The smallest absolute Gasteiger partial charge is 0.326 e. The van der Waals surface area contributed by atoms with Crippen LogP contribution in [-0.4, -0.2) is 35.9 Å². The normalized spacial score (nSPS) is 13.2. The van der Waals surface area contributed by atoms with Crippen molar-refractivity contribution in [3.63, 3.8) is 0 Å². The van der Waals surface area contributed by atoms with Crippen molar-refractivity contribution in [3.05, 3.63) is 35.9 Å². The summed E-state index contributed by atoms with van der Waals surface area (Å²) in [5, 5.41) is 11.5. The molecule has 0 aromatic heterocycles. The van der Waals surface area contributed by atoms with Gasteiger partial charge in [-0.05, 0) is 18.9 Å². The van der Waals surface area contributed by atoms with E-state index in [4.69, 9.17) is 9.84 Å². The van der Waals surface area contributed by atoms with Gasteiger partial charge in [-0.1, -0.05) is 30.3 Å². The maximum absolute atomic E-state index is 12.1. The topological polar surface area (TPSA) is 92.7 Å². The van der Waals surface area contributed by atoms with Crippen molar-refractivity contribution in [2.45, 2.75) is 31.9 Å². The molecule has 0 saturated carbocycles. The molecule has 0 aliphatic rings. The molecule has 6 nitrogen and oxygen atoms in total. The van der Waals surface area contributed by atoms with Crippen molar-refractivity contribution in [2.24, 2.45) is 0 Å². The molecule has 114 valence electrons. The number of Topliss-reactive ketones (excluding diaryl/α,β-unsaturated/α-hetero) is 1. The van der Waals surface area contributed by atoms with Gasteiger partial charge in [0, 0.05) is 13.5 Å².